The molecule has 0 radical (unpaired) electrons. The van der Waals surface area contributed by atoms with Gasteiger partial charge in [0.05, 0.1) is 0 Å². The molecule has 0 aliphatic carbocycles. The van der Waals surface area contributed by atoms with Crippen LogP contribution >= 0.6 is 0 Å². The molecular weight excluding hydrogens is 274 g/mol. The van der Waals surface area contributed by atoms with Crippen molar-refractivity contribution in [1.82, 2.24) is 5.32 Å². The number of amides is 3. The summed E-state index contributed by atoms with van der Waals surface area (Å²) in [5.41, 5.74) is 1.11. The van der Waals surface area contributed by atoms with Crippen molar-refractivity contribution in [1.29, 1.82) is 0 Å². The van der Waals surface area contributed by atoms with Gasteiger partial charge in [0.2, 0.25) is 5.91 Å². The van der Waals surface area contributed by atoms with E-state index in [1.807, 2.05) is 0 Å². The van der Waals surface area contributed by atoms with Crippen LogP contribution in [-0.2, 0) is 9.59 Å². The molecule has 3 amide bonds. The molecule has 0 aromatic heterocycles. The van der Waals surface area contributed by atoms with Crippen molar-refractivity contribution >= 4 is 29.3 Å². The number of carboxylic acid groups (broad SMARTS) is 1. The summed E-state index contributed by atoms with van der Waals surface area (Å²) < 4.78 is 0. The Labute approximate surface area is 122 Å². The lowest BCUT2D eigenvalue weighted by atomic mass is 10.1. The Hall–Kier alpha value is -2.57. The number of aliphatic carboxylic acids is 1. The number of carboxylic acids is 1. The van der Waals surface area contributed by atoms with Gasteiger partial charge in [0.15, 0.2) is 0 Å². The fourth-order valence-corrected chi connectivity index (χ4v) is 1.66. The molecule has 1 aromatic rings. The van der Waals surface area contributed by atoms with Crippen molar-refractivity contribution in [2.24, 2.45) is 5.92 Å². The normalized spacial score (nSPS) is 11.6. The molecule has 1 atom stereocenters. The van der Waals surface area contributed by atoms with E-state index in [0.29, 0.717) is 11.4 Å². The van der Waals surface area contributed by atoms with E-state index >= 15 is 0 Å². The molecule has 21 heavy (non-hydrogen) atoms. The lowest BCUT2D eigenvalue weighted by Crippen LogP contribution is -2.46. The Morgan fingerprint density at radius 3 is 1.86 bits per heavy atom. The molecule has 7 nitrogen and oxygen atoms in total. The molecule has 1 rings (SSSR count). The van der Waals surface area contributed by atoms with E-state index in [2.05, 4.69) is 16.0 Å². The number of rotatable bonds is 5. The smallest absolute Gasteiger partial charge is 0.326 e. The topological polar surface area (TPSA) is 108 Å². The van der Waals surface area contributed by atoms with Gasteiger partial charge in [0, 0.05) is 18.3 Å². The molecule has 1 aromatic carbocycles. The summed E-state index contributed by atoms with van der Waals surface area (Å²) in [6, 6.07) is 4.93. The quantitative estimate of drug-likeness (QED) is 0.664. The highest BCUT2D eigenvalue weighted by Crippen LogP contribution is 2.13. The Morgan fingerprint density at radius 1 is 1.00 bits per heavy atom. The van der Waals surface area contributed by atoms with Crippen LogP contribution in [0.3, 0.4) is 0 Å². The molecular formula is C14H19N3O4. The number of carbonyl (C=O) groups is 3. The molecule has 0 bridgehead atoms. The Morgan fingerprint density at radius 2 is 1.48 bits per heavy atom. The maximum absolute atomic E-state index is 11.7. The Kier molecular flexibility index (Phi) is 5.71. The minimum Gasteiger partial charge on any atom is -0.480 e. The number of benzene rings is 1. The van der Waals surface area contributed by atoms with Gasteiger partial charge in [0.25, 0.3) is 0 Å². The van der Waals surface area contributed by atoms with Crippen LogP contribution in [0.25, 0.3) is 0 Å². The van der Waals surface area contributed by atoms with Crippen LogP contribution in [0.1, 0.15) is 20.8 Å². The van der Waals surface area contributed by atoms with Crippen LogP contribution in [0.2, 0.25) is 0 Å². The van der Waals surface area contributed by atoms with E-state index in [0.717, 1.165) is 0 Å². The van der Waals surface area contributed by atoms with Gasteiger partial charge >= 0.3 is 12.0 Å². The molecule has 0 saturated carbocycles. The van der Waals surface area contributed by atoms with Crippen molar-refractivity contribution in [3.8, 4) is 0 Å². The SMILES string of the molecule is CC(=O)Nc1ccc(NC(=O)NC(C(=O)O)C(C)C)cc1. The molecule has 4 N–H and O–H groups in total. The fourth-order valence-electron chi connectivity index (χ4n) is 1.66. The molecule has 0 aliphatic rings. The highest BCUT2D eigenvalue weighted by Gasteiger charge is 2.23. The minimum atomic E-state index is -1.08. The summed E-state index contributed by atoms with van der Waals surface area (Å²) in [6.07, 6.45) is 0. The average Bonchev–Trinajstić information content (AvgIpc) is 2.37. The zero-order valence-electron chi connectivity index (χ0n) is 12.1. The lowest BCUT2D eigenvalue weighted by Gasteiger charge is -2.18. The van der Waals surface area contributed by atoms with Crippen LogP contribution in [0.15, 0.2) is 24.3 Å². The predicted octanol–water partition coefficient (Wildman–Crippen LogP) is 1.88. The lowest BCUT2D eigenvalue weighted by molar-refractivity contribution is -0.140. The van der Waals surface area contributed by atoms with Gasteiger partial charge in [-0.2, -0.15) is 0 Å². The van der Waals surface area contributed by atoms with Crippen LogP contribution in [-0.4, -0.2) is 29.1 Å². The highest BCUT2D eigenvalue weighted by molar-refractivity contribution is 5.93. The van der Waals surface area contributed by atoms with Crippen molar-refractivity contribution in [3.63, 3.8) is 0 Å². The second kappa shape index (κ2) is 7.28. The van der Waals surface area contributed by atoms with Gasteiger partial charge in [-0.3, -0.25) is 4.79 Å². The third kappa shape index (κ3) is 5.52. The van der Waals surface area contributed by atoms with Gasteiger partial charge in [0.1, 0.15) is 6.04 Å². The second-order valence-corrected chi connectivity index (χ2v) is 4.92. The summed E-state index contributed by atoms with van der Waals surface area (Å²) in [5.74, 6) is -1.49. The van der Waals surface area contributed by atoms with Gasteiger partial charge in [-0.05, 0) is 30.2 Å². The third-order valence-corrected chi connectivity index (χ3v) is 2.68. The molecule has 0 heterocycles. The van der Waals surface area contributed by atoms with E-state index in [9.17, 15) is 14.4 Å². The van der Waals surface area contributed by atoms with E-state index in [1.54, 1.807) is 38.1 Å². The number of anilines is 2. The molecule has 0 spiro atoms. The van der Waals surface area contributed by atoms with Gasteiger partial charge in [-0.25, -0.2) is 9.59 Å². The summed E-state index contributed by atoms with van der Waals surface area (Å²) in [7, 11) is 0. The third-order valence-electron chi connectivity index (χ3n) is 2.68. The zero-order chi connectivity index (χ0) is 16.0. The Balaban J connectivity index is 2.62. The van der Waals surface area contributed by atoms with Crippen molar-refractivity contribution in [3.05, 3.63) is 24.3 Å². The largest absolute Gasteiger partial charge is 0.480 e. The maximum Gasteiger partial charge on any atom is 0.326 e. The number of hydrogen-bond donors (Lipinski definition) is 4. The second-order valence-electron chi connectivity index (χ2n) is 4.92. The zero-order valence-corrected chi connectivity index (χ0v) is 12.1. The van der Waals surface area contributed by atoms with Gasteiger partial charge < -0.3 is 21.1 Å². The summed E-state index contributed by atoms with van der Waals surface area (Å²) in [6.45, 7) is 4.82. The summed E-state index contributed by atoms with van der Waals surface area (Å²) in [5, 5.41) is 16.5. The first-order valence-electron chi connectivity index (χ1n) is 6.47. The van der Waals surface area contributed by atoms with Crippen molar-refractivity contribution in [2.45, 2.75) is 26.8 Å². The predicted molar refractivity (Wildman–Crippen MR) is 79.2 cm³/mol. The summed E-state index contributed by atoms with van der Waals surface area (Å²) >= 11 is 0. The maximum atomic E-state index is 11.7. The molecule has 7 heteroatoms. The van der Waals surface area contributed by atoms with Crippen molar-refractivity contribution in [2.75, 3.05) is 10.6 Å². The molecule has 0 aliphatic heterocycles. The fraction of sp³-hybridized carbons (Fsp3) is 0.357. The van der Waals surface area contributed by atoms with Crippen LogP contribution < -0.4 is 16.0 Å². The van der Waals surface area contributed by atoms with Crippen LogP contribution in [0, 0.1) is 5.92 Å². The van der Waals surface area contributed by atoms with E-state index in [-0.39, 0.29) is 11.8 Å². The van der Waals surface area contributed by atoms with Gasteiger partial charge in [-0.1, -0.05) is 13.8 Å². The van der Waals surface area contributed by atoms with Crippen LogP contribution in [0.5, 0.6) is 0 Å². The molecule has 1 unspecified atom stereocenters. The Bertz CT molecular complexity index is 526. The molecule has 114 valence electrons. The van der Waals surface area contributed by atoms with Crippen molar-refractivity contribution < 1.29 is 19.5 Å². The number of carbonyl (C=O) groups excluding carboxylic acids is 2. The molecule has 0 saturated heterocycles. The molecule has 0 fully saturated rings. The first-order valence-corrected chi connectivity index (χ1v) is 6.47. The summed E-state index contributed by atoms with van der Waals surface area (Å²) in [4.78, 5) is 33.6. The standard InChI is InChI=1S/C14H19N3O4/c1-8(2)12(13(19)20)17-14(21)16-11-6-4-10(5-7-11)15-9(3)18/h4-8,12H,1-3H3,(H,15,18)(H,19,20)(H2,16,17,21). The van der Waals surface area contributed by atoms with Crippen LogP contribution in [0.4, 0.5) is 16.2 Å². The average molecular weight is 293 g/mol. The first kappa shape index (κ1) is 16.5. The highest BCUT2D eigenvalue weighted by atomic mass is 16.4. The number of nitrogens with one attached hydrogen (secondary N) is 3. The number of urea groups is 1. The van der Waals surface area contributed by atoms with E-state index < -0.39 is 18.0 Å². The number of hydrogen-bond acceptors (Lipinski definition) is 3. The monoisotopic (exact) mass is 293 g/mol. The first-order chi connectivity index (χ1) is 9.79. The minimum absolute atomic E-state index is 0.185. The van der Waals surface area contributed by atoms with E-state index in [4.69, 9.17) is 5.11 Å². The van der Waals surface area contributed by atoms with E-state index in [1.165, 1.54) is 6.92 Å². The van der Waals surface area contributed by atoms with Gasteiger partial charge in [-0.15, -0.1) is 0 Å².